The Morgan fingerprint density at radius 1 is 1.28 bits per heavy atom. The average Bonchev–Trinajstić information content (AvgIpc) is 2.74. The fourth-order valence-corrected chi connectivity index (χ4v) is 2.79. The number of aromatic nitrogens is 2. The third-order valence-corrected chi connectivity index (χ3v) is 3.51. The maximum atomic E-state index is 5.76. The lowest BCUT2D eigenvalue weighted by Gasteiger charge is -2.33. The van der Waals surface area contributed by atoms with Gasteiger partial charge in [-0.25, -0.2) is 0 Å². The third-order valence-electron chi connectivity index (χ3n) is 3.51. The zero-order valence-electron chi connectivity index (χ0n) is 10.8. The largest absolute Gasteiger partial charge is 0.382 e. The van der Waals surface area contributed by atoms with Crippen LogP contribution in [0, 0.1) is 0 Å². The molecule has 2 N–H and O–H groups in total. The average molecular weight is 245 g/mol. The van der Waals surface area contributed by atoms with E-state index in [4.69, 9.17) is 4.74 Å². The minimum atomic E-state index is 0.337. The van der Waals surface area contributed by atoms with E-state index in [2.05, 4.69) is 47.6 Å². The monoisotopic (exact) mass is 245 g/mol. The highest BCUT2D eigenvalue weighted by Gasteiger charge is 2.24. The number of fused-ring (bicyclic) bond motifs is 1. The van der Waals surface area contributed by atoms with Gasteiger partial charge in [-0.15, -0.1) is 0 Å². The molecule has 1 aliphatic heterocycles. The Bertz CT molecular complexity index is 527. The Hall–Kier alpha value is -1.55. The van der Waals surface area contributed by atoms with E-state index in [-0.39, 0.29) is 0 Å². The Labute approximate surface area is 107 Å². The lowest BCUT2D eigenvalue weighted by Crippen LogP contribution is -2.36. The highest BCUT2D eigenvalue weighted by atomic mass is 16.5. The van der Waals surface area contributed by atoms with Gasteiger partial charge in [0.05, 0.1) is 23.9 Å². The second-order valence-electron chi connectivity index (χ2n) is 5.24. The molecular formula is C14H19N3O. The van der Waals surface area contributed by atoms with Gasteiger partial charge in [0.2, 0.25) is 0 Å². The standard InChI is InChI=1S/C14H19N3O/c1-9-5-13(6-10(2)18-9)16-12-3-4-14-11(7-12)8-15-17-14/h3-4,7-10,13,16H,5-6H2,1-2H3,(H,15,17). The molecule has 0 aliphatic carbocycles. The number of H-pyrrole nitrogens is 1. The van der Waals surface area contributed by atoms with E-state index in [0.717, 1.165) is 29.4 Å². The molecule has 96 valence electrons. The molecule has 4 nitrogen and oxygen atoms in total. The molecule has 3 rings (SSSR count). The summed E-state index contributed by atoms with van der Waals surface area (Å²) in [5.74, 6) is 0. The molecule has 0 amide bonds. The van der Waals surface area contributed by atoms with Gasteiger partial charge in [-0.3, -0.25) is 5.10 Å². The van der Waals surface area contributed by atoms with Crippen LogP contribution in [0.25, 0.3) is 10.9 Å². The predicted octanol–water partition coefficient (Wildman–Crippen LogP) is 2.93. The fraction of sp³-hybridized carbons (Fsp3) is 0.500. The smallest absolute Gasteiger partial charge is 0.0651 e. The lowest BCUT2D eigenvalue weighted by molar-refractivity contribution is -0.0337. The van der Waals surface area contributed by atoms with Crippen molar-refractivity contribution in [1.29, 1.82) is 0 Å². The first-order valence-electron chi connectivity index (χ1n) is 6.56. The Morgan fingerprint density at radius 2 is 2.06 bits per heavy atom. The van der Waals surface area contributed by atoms with E-state index in [1.54, 1.807) is 0 Å². The highest BCUT2D eigenvalue weighted by Crippen LogP contribution is 2.24. The number of aromatic amines is 1. The molecule has 2 aromatic rings. The van der Waals surface area contributed by atoms with Crippen LogP contribution in [0.3, 0.4) is 0 Å². The Balaban J connectivity index is 1.74. The SMILES string of the molecule is CC1CC(Nc2ccc3[nH]ncc3c2)CC(C)O1. The lowest BCUT2D eigenvalue weighted by atomic mass is 9.99. The number of nitrogens with one attached hydrogen (secondary N) is 2. The van der Waals surface area contributed by atoms with E-state index in [0.29, 0.717) is 18.2 Å². The van der Waals surface area contributed by atoms with Crippen molar-refractivity contribution < 1.29 is 4.74 Å². The number of anilines is 1. The quantitative estimate of drug-likeness (QED) is 0.855. The molecule has 1 saturated heterocycles. The summed E-state index contributed by atoms with van der Waals surface area (Å²) >= 11 is 0. The van der Waals surface area contributed by atoms with Crippen LogP contribution in [-0.2, 0) is 4.74 Å². The molecule has 0 spiro atoms. The minimum Gasteiger partial charge on any atom is -0.382 e. The van der Waals surface area contributed by atoms with Crippen molar-refractivity contribution in [3.8, 4) is 0 Å². The van der Waals surface area contributed by atoms with Crippen LogP contribution in [-0.4, -0.2) is 28.4 Å². The van der Waals surface area contributed by atoms with Crippen LogP contribution in [0.5, 0.6) is 0 Å². The Morgan fingerprint density at radius 3 is 2.83 bits per heavy atom. The van der Waals surface area contributed by atoms with Crippen molar-refractivity contribution in [2.75, 3.05) is 5.32 Å². The van der Waals surface area contributed by atoms with Crippen LogP contribution in [0.2, 0.25) is 0 Å². The van der Waals surface area contributed by atoms with Crippen LogP contribution in [0.15, 0.2) is 24.4 Å². The molecule has 2 atom stereocenters. The molecule has 2 unspecified atom stereocenters. The predicted molar refractivity (Wildman–Crippen MR) is 72.7 cm³/mol. The van der Waals surface area contributed by atoms with E-state index < -0.39 is 0 Å². The van der Waals surface area contributed by atoms with Crippen molar-refractivity contribution in [2.45, 2.75) is 44.9 Å². The molecule has 2 heterocycles. The normalized spacial score (nSPS) is 28.4. The van der Waals surface area contributed by atoms with Gasteiger partial charge in [0.25, 0.3) is 0 Å². The zero-order valence-corrected chi connectivity index (χ0v) is 10.8. The van der Waals surface area contributed by atoms with Gasteiger partial charge >= 0.3 is 0 Å². The van der Waals surface area contributed by atoms with Crippen molar-refractivity contribution in [3.63, 3.8) is 0 Å². The van der Waals surface area contributed by atoms with Crippen molar-refractivity contribution in [1.82, 2.24) is 10.2 Å². The summed E-state index contributed by atoms with van der Waals surface area (Å²) in [7, 11) is 0. The number of benzene rings is 1. The number of hydrogen-bond acceptors (Lipinski definition) is 3. The molecule has 4 heteroatoms. The molecule has 1 aromatic heterocycles. The van der Waals surface area contributed by atoms with Gasteiger partial charge in [-0.2, -0.15) is 5.10 Å². The van der Waals surface area contributed by atoms with Crippen LogP contribution in [0.1, 0.15) is 26.7 Å². The number of rotatable bonds is 2. The maximum Gasteiger partial charge on any atom is 0.0651 e. The minimum absolute atomic E-state index is 0.337. The highest BCUT2D eigenvalue weighted by molar-refractivity contribution is 5.81. The number of hydrogen-bond donors (Lipinski definition) is 2. The third kappa shape index (κ3) is 2.34. The van der Waals surface area contributed by atoms with Crippen LogP contribution >= 0.6 is 0 Å². The van der Waals surface area contributed by atoms with Crippen LogP contribution < -0.4 is 5.32 Å². The first kappa shape index (κ1) is 11.5. The van der Waals surface area contributed by atoms with E-state index >= 15 is 0 Å². The summed E-state index contributed by atoms with van der Waals surface area (Å²) < 4.78 is 5.76. The van der Waals surface area contributed by atoms with Crippen molar-refractivity contribution >= 4 is 16.6 Å². The molecule has 0 saturated carbocycles. The second-order valence-corrected chi connectivity index (χ2v) is 5.24. The summed E-state index contributed by atoms with van der Waals surface area (Å²) in [6.45, 7) is 4.28. The van der Waals surface area contributed by atoms with Gasteiger partial charge in [-0.05, 0) is 44.9 Å². The first-order valence-corrected chi connectivity index (χ1v) is 6.56. The summed E-state index contributed by atoms with van der Waals surface area (Å²) in [4.78, 5) is 0. The van der Waals surface area contributed by atoms with E-state index in [9.17, 15) is 0 Å². The number of ether oxygens (including phenoxy) is 1. The molecule has 18 heavy (non-hydrogen) atoms. The zero-order chi connectivity index (χ0) is 12.5. The van der Waals surface area contributed by atoms with Gasteiger partial charge in [-0.1, -0.05) is 0 Å². The van der Waals surface area contributed by atoms with Gasteiger partial charge in [0.1, 0.15) is 0 Å². The maximum absolute atomic E-state index is 5.76. The van der Waals surface area contributed by atoms with Gasteiger partial charge in [0, 0.05) is 17.1 Å². The molecule has 1 aliphatic rings. The summed E-state index contributed by atoms with van der Waals surface area (Å²) in [5.41, 5.74) is 2.24. The second kappa shape index (κ2) is 4.61. The summed E-state index contributed by atoms with van der Waals surface area (Å²) in [6, 6.07) is 6.80. The van der Waals surface area contributed by atoms with E-state index in [1.165, 1.54) is 0 Å². The van der Waals surface area contributed by atoms with Crippen molar-refractivity contribution in [2.24, 2.45) is 0 Å². The summed E-state index contributed by atoms with van der Waals surface area (Å²) in [6.07, 6.45) is 4.66. The molecular weight excluding hydrogens is 226 g/mol. The molecule has 0 radical (unpaired) electrons. The van der Waals surface area contributed by atoms with E-state index in [1.807, 2.05) is 6.20 Å². The molecule has 1 fully saturated rings. The number of nitrogens with zero attached hydrogens (tertiary/aromatic N) is 1. The first-order chi connectivity index (χ1) is 8.70. The molecule has 0 bridgehead atoms. The van der Waals surface area contributed by atoms with Crippen LogP contribution in [0.4, 0.5) is 5.69 Å². The van der Waals surface area contributed by atoms with Crippen molar-refractivity contribution in [3.05, 3.63) is 24.4 Å². The van der Waals surface area contributed by atoms with Gasteiger partial charge in [0.15, 0.2) is 0 Å². The summed E-state index contributed by atoms with van der Waals surface area (Å²) in [5, 5.41) is 11.8. The Kier molecular flexibility index (Phi) is 2.96. The fourth-order valence-electron chi connectivity index (χ4n) is 2.79. The van der Waals surface area contributed by atoms with Gasteiger partial charge < -0.3 is 10.1 Å². The molecule has 1 aromatic carbocycles. The topological polar surface area (TPSA) is 49.9 Å².